The van der Waals surface area contributed by atoms with Gasteiger partial charge in [0, 0.05) is 33.9 Å². The molecule has 8 nitrogen and oxygen atoms in total. The van der Waals surface area contributed by atoms with Crippen LogP contribution in [0.2, 0.25) is 5.02 Å². The number of hydrogen-bond acceptors (Lipinski definition) is 8. The molecule has 0 spiro atoms. The highest BCUT2D eigenvalue weighted by molar-refractivity contribution is 6.31. The molecule has 0 radical (unpaired) electrons. The summed E-state index contributed by atoms with van der Waals surface area (Å²) < 4.78 is 11.2. The van der Waals surface area contributed by atoms with Gasteiger partial charge in [0.1, 0.15) is 0 Å². The number of rotatable bonds is 17. The van der Waals surface area contributed by atoms with Crippen molar-refractivity contribution in [3.63, 3.8) is 0 Å². The minimum absolute atomic E-state index is 0.330. The van der Waals surface area contributed by atoms with Gasteiger partial charge in [0.15, 0.2) is 11.5 Å². The number of halogens is 1. The van der Waals surface area contributed by atoms with Gasteiger partial charge in [-0.2, -0.15) is 5.11 Å². The molecule has 3 aromatic carbocycles. The molecular formula is C43H55ClN6O2. The average molecular weight is 723 g/mol. The molecule has 2 aliphatic carbocycles. The Hall–Kier alpha value is -3.88. The van der Waals surface area contributed by atoms with E-state index in [1.54, 1.807) is 14.2 Å². The number of fused-ring (bicyclic) bond motifs is 5. The van der Waals surface area contributed by atoms with E-state index in [-0.39, 0.29) is 0 Å². The van der Waals surface area contributed by atoms with E-state index < -0.39 is 0 Å². The fourth-order valence-corrected chi connectivity index (χ4v) is 9.21. The second-order valence-corrected chi connectivity index (χ2v) is 15.7. The van der Waals surface area contributed by atoms with E-state index in [4.69, 9.17) is 31.8 Å². The summed E-state index contributed by atoms with van der Waals surface area (Å²) in [5.74, 6) is 3.61. The van der Waals surface area contributed by atoms with Crippen molar-refractivity contribution in [3.8, 4) is 11.5 Å². The smallest absolute Gasteiger partial charge is 0.161 e. The summed E-state index contributed by atoms with van der Waals surface area (Å²) in [5.41, 5.74) is 15.1. The number of anilines is 1. The third-order valence-corrected chi connectivity index (χ3v) is 11.8. The summed E-state index contributed by atoms with van der Waals surface area (Å²) in [7, 11) is 3.40. The fourth-order valence-electron chi connectivity index (χ4n) is 9.05. The van der Waals surface area contributed by atoms with Crippen LogP contribution in [0.4, 0.5) is 5.69 Å². The van der Waals surface area contributed by atoms with Gasteiger partial charge in [-0.15, -0.1) is 0 Å². The molecule has 2 bridgehead atoms. The van der Waals surface area contributed by atoms with Crippen molar-refractivity contribution in [1.82, 2.24) is 15.3 Å². The Bertz CT molecular complexity index is 1830. The van der Waals surface area contributed by atoms with Gasteiger partial charge in [-0.25, -0.2) is 0 Å². The van der Waals surface area contributed by atoms with Crippen molar-refractivity contribution in [2.45, 2.75) is 89.0 Å². The molecule has 0 saturated heterocycles. The van der Waals surface area contributed by atoms with Crippen LogP contribution in [0.25, 0.3) is 10.9 Å². The standard InChI is InChI=1S/C43H55ClN6O2/c1-51-40-25-32(33(26-41(40)52-2)21-29-10-4-3-5-11-29)16-18-46-17-8-6-13-36-28-50(49-48-36)19-9-7-12-30-20-31-23-34(22-30)42-39(24-31)47-38-27-35(44)14-15-37(38)43(42)45/h3-5,10-11,14-15,25-27,30-31,34,36,46H,6-9,12-13,16-24,28H2,1-2H3,(H2,45,47). The van der Waals surface area contributed by atoms with E-state index in [1.165, 1.54) is 66.5 Å². The first kappa shape index (κ1) is 36.5. The minimum atomic E-state index is 0.330. The number of hydrogen-bond donors (Lipinski definition) is 2. The maximum atomic E-state index is 6.77. The first-order valence-electron chi connectivity index (χ1n) is 19.5. The lowest BCUT2D eigenvalue weighted by Crippen LogP contribution is -2.30. The molecule has 3 N–H and O–H groups in total. The van der Waals surface area contributed by atoms with E-state index >= 15 is 0 Å². The number of ether oxygens (including phenoxy) is 2. The van der Waals surface area contributed by atoms with Crippen LogP contribution in [-0.2, 0) is 19.3 Å². The lowest BCUT2D eigenvalue weighted by molar-refractivity contribution is 0.204. The number of unbranched alkanes of at least 4 members (excludes halogenated alkanes) is 2. The van der Waals surface area contributed by atoms with Crippen LogP contribution < -0.4 is 20.5 Å². The molecule has 1 fully saturated rings. The van der Waals surface area contributed by atoms with Crippen LogP contribution >= 0.6 is 11.6 Å². The van der Waals surface area contributed by atoms with Crippen LogP contribution in [0.1, 0.15) is 91.7 Å². The third-order valence-electron chi connectivity index (χ3n) is 11.6. The Morgan fingerprint density at radius 3 is 2.52 bits per heavy atom. The monoisotopic (exact) mass is 722 g/mol. The molecule has 9 heteroatoms. The van der Waals surface area contributed by atoms with Crippen LogP contribution in [0.5, 0.6) is 11.5 Å². The van der Waals surface area contributed by atoms with E-state index in [1.807, 2.05) is 18.2 Å². The van der Waals surface area contributed by atoms with Gasteiger partial charge in [-0.05, 0) is 142 Å². The molecule has 4 aromatic rings. The lowest BCUT2D eigenvalue weighted by Gasteiger charge is -2.40. The number of nitrogens with zero attached hydrogens (tertiary/aromatic N) is 4. The zero-order valence-electron chi connectivity index (χ0n) is 31.0. The van der Waals surface area contributed by atoms with Crippen LogP contribution in [0.15, 0.2) is 71.0 Å². The SMILES string of the molecule is COc1cc(CCNCCCCC2CN(CCCCC3CC4Cc5nc6cc(Cl)ccc6c(N)c5C(C3)C4)N=N2)c(Cc2ccccc2)cc1OC. The first-order valence-corrected chi connectivity index (χ1v) is 19.9. The number of pyridine rings is 1. The summed E-state index contributed by atoms with van der Waals surface area (Å²) in [6.07, 6.45) is 13.8. The van der Waals surface area contributed by atoms with Crippen LogP contribution in [0.3, 0.4) is 0 Å². The molecule has 7 rings (SSSR count). The average Bonchev–Trinajstić information content (AvgIpc) is 3.60. The number of nitrogens with one attached hydrogen (secondary N) is 1. The Balaban J connectivity index is 0.777. The van der Waals surface area contributed by atoms with E-state index in [0.717, 1.165) is 110 Å². The quantitative estimate of drug-likeness (QED) is 0.105. The third kappa shape index (κ3) is 8.83. The van der Waals surface area contributed by atoms with Gasteiger partial charge in [-0.3, -0.25) is 9.99 Å². The van der Waals surface area contributed by atoms with Crippen molar-refractivity contribution >= 4 is 28.2 Å². The number of benzene rings is 3. The largest absolute Gasteiger partial charge is 0.493 e. The van der Waals surface area contributed by atoms with Crippen molar-refractivity contribution in [2.75, 3.05) is 46.1 Å². The lowest BCUT2D eigenvalue weighted by atomic mass is 9.65. The van der Waals surface area contributed by atoms with Gasteiger partial charge in [0.05, 0.1) is 32.3 Å². The summed E-state index contributed by atoms with van der Waals surface area (Å²) >= 11 is 6.26. The number of methoxy groups -OCH3 is 2. The molecule has 4 unspecified atom stereocenters. The predicted molar refractivity (Wildman–Crippen MR) is 212 cm³/mol. The van der Waals surface area contributed by atoms with Crippen LogP contribution in [-0.4, -0.2) is 56.4 Å². The van der Waals surface area contributed by atoms with Gasteiger partial charge in [-0.1, -0.05) is 60.0 Å². The highest BCUT2D eigenvalue weighted by Crippen LogP contribution is 2.50. The fraction of sp³-hybridized carbons (Fsp3) is 0.512. The van der Waals surface area contributed by atoms with Gasteiger partial charge in [0.25, 0.3) is 0 Å². The normalized spacial score (nSPS) is 20.7. The molecule has 276 valence electrons. The molecule has 1 aliphatic heterocycles. The Morgan fingerprint density at radius 2 is 1.69 bits per heavy atom. The first-order chi connectivity index (χ1) is 25.5. The Labute approximate surface area is 314 Å². The summed E-state index contributed by atoms with van der Waals surface area (Å²) in [5, 5.41) is 16.8. The number of nitrogens with two attached hydrogens (primary N) is 1. The number of aromatic nitrogens is 1. The van der Waals surface area contributed by atoms with Gasteiger partial charge >= 0.3 is 0 Å². The molecule has 0 amide bonds. The molecule has 1 saturated carbocycles. The Kier molecular flexibility index (Phi) is 12.1. The maximum Gasteiger partial charge on any atom is 0.161 e. The van der Waals surface area contributed by atoms with Crippen molar-refractivity contribution in [2.24, 2.45) is 22.2 Å². The van der Waals surface area contributed by atoms with Crippen LogP contribution in [0, 0.1) is 11.8 Å². The zero-order valence-corrected chi connectivity index (χ0v) is 31.7. The summed E-state index contributed by atoms with van der Waals surface area (Å²) in [6, 6.07) is 21.1. The van der Waals surface area contributed by atoms with Gasteiger partial charge in [0.2, 0.25) is 0 Å². The molecule has 4 atom stereocenters. The maximum absolute atomic E-state index is 6.77. The number of nitrogen functional groups attached to an aromatic ring is 1. The summed E-state index contributed by atoms with van der Waals surface area (Å²) in [4.78, 5) is 5.04. The van der Waals surface area contributed by atoms with Crippen molar-refractivity contribution in [3.05, 3.63) is 93.6 Å². The van der Waals surface area contributed by atoms with E-state index in [0.29, 0.717) is 12.0 Å². The second-order valence-electron chi connectivity index (χ2n) is 15.3. The molecule has 1 aromatic heterocycles. The van der Waals surface area contributed by atoms with Crippen molar-refractivity contribution in [1.29, 1.82) is 0 Å². The van der Waals surface area contributed by atoms with E-state index in [2.05, 4.69) is 63.1 Å². The topological polar surface area (TPSA) is 97.4 Å². The molecular weight excluding hydrogens is 668 g/mol. The summed E-state index contributed by atoms with van der Waals surface area (Å²) in [6.45, 7) is 3.92. The molecule has 3 aliphatic rings. The van der Waals surface area contributed by atoms with Gasteiger partial charge < -0.3 is 20.5 Å². The predicted octanol–water partition coefficient (Wildman–Crippen LogP) is 9.36. The zero-order chi connectivity index (χ0) is 35.9. The van der Waals surface area contributed by atoms with Crippen molar-refractivity contribution < 1.29 is 9.47 Å². The Morgan fingerprint density at radius 1 is 0.885 bits per heavy atom. The second kappa shape index (κ2) is 17.3. The van der Waals surface area contributed by atoms with E-state index in [9.17, 15) is 0 Å². The minimum Gasteiger partial charge on any atom is -0.493 e. The highest BCUT2D eigenvalue weighted by atomic mass is 35.5. The highest BCUT2D eigenvalue weighted by Gasteiger charge is 2.37. The molecule has 2 heterocycles. The molecule has 52 heavy (non-hydrogen) atoms.